The highest BCUT2D eigenvalue weighted by Gasteiger charge is 2.33. The van der Waals surface area contributed by atoms with E-state index in [1.807, 2.05) is 0 Å². The van der Waals surface area contributed by atoms with E-state index in [1.54, 1.807) is 0 Å². The van der Waals surface area contributed by atoms with Crippen molar-refractivity contribution in [3.05, 3.63) is 299 Å². The molecule has 0 bridgehead atoms. The molecule has 3 atom stereocenters. The van der Waals surface area contributed by atoms with Gasteiger partial charge >= 0.3 is 0 Å². The molecule has 0 saturated carbocycles. The Hall–Kier alpha value is -8.31. The number of allylic oxidation sites excluding steroid dienone is 2. The zero-order valence-corrected chi connectivity index (χ0v) is 36.4. The summed E-state index contributed by atoms with van der Waals surface area (Å²) in [5.74, 6) is 0.832. The van der Waals surface area contributed by atoms with E-state index in [9.17, 15) is 0 Å². The second-order valence-electron chi connectivity index (χ2n) is 16.8. The maximum absolute atomic E-state index is 5.50. The van der Waals surface area contributed by atoms with Gasteiger partial charge < -0.3 is 10.6 Å². The summed E-state index contributed by atoms with van der Waals surface area (Å²) in [6.45, 7) is 0. The van der Waals surface area contributed by atoms with Gasteiger partial charge in [-0.25, -0.2) is 4.99 Å². The summed E-state index contributed by atoms with van der Waals surface area (Å²) in [4.78, 5) is 5.50. The molecule has 3 unspecified atom stereocenters. The van der Waals surface area contributed by atoms with Crippen molar-refractivity contribution in [3.63, 3.8) is 0 Å². The summed E-state index contributed by atoms with van der Waals surface area (Å²) in [7, 11) is 0. The maximum Gasteiger partial charge on any atom is 0.131 e. The average molecular weight is 849 g/mol. The van der Waals surface area contributed by atoms with Gasteiger partial charge in [-0.15, -0.1) is 0 Å². The summed E-state index contributed by atoms with van der Waals surface area (Å²) >= 11 is 0. The molecule has 0 radical (unpaired) electrons. The lowest BCUT2D eigenvalue weighted by Crippen LogP contribution is -2.45. The molecular weight excluding hydrogens is 801 g/mol. The third-order valence-corrected chi connectivity index (χ3v) is 12.6. The number of amidine groups is 1. The van der Waals surface area contributed by atoms with Gasteiger partial charge in [-0.2, -0.15) is 0 Å². The van der Waals surface area contributed by atoms with E-state index >= 15 is 0 Å². The number of hydrogen-bond acceptors (Lipinski definition) is 4. The number of dihydropyridines is 1. The van der Waals surface area contributed by atoms with Crippen molar-refractivity contribution in [3.8, 4) is 22.3 Å². The molecule has 2 aliphatic rings. The Bertz CT molecular complexity index is 3110. The first-order chi connectivity index (χ1) is 32.7. The van der Waals surface area contributed by atoms with Crippen LogP contribution in [0.2, 0.25) is 0 Å². The molecule has 0 aromatic heterocycles. The minimum Gasteiger partial charge on any atom is -0.373 e. The Morgan fingerprint density at radius 1 is 0.303 bits per heavy atom. The number of hydrogen-bond donors (Lipinski definition) is 3. The molecule has 11 rings (SSSR count). The lowest BCUT2D eigenvalue weighted by molar-refractivity contribution is 0.409. The summed E-state index contributed by atoms with van der Waals surface area (Å²) < 4.78 is 0. The largest absolute Gasteiger partial charge is 0.373 e. The quantitative estimate of drug-likeness (QED) is 0.128. The van der Waals surface area contributed by atoms with Crippen LogP contribution in [0.1, 0.15) is 62.9 Å². The standard InChI is InChI=1S/C62H48N4/c1-8-22-43(23-9-1)52-40-53(44-24-10-2-11-25-44)42-54(41-52)62-65-60(50-34-20-7-21-35-50)64-61(66-62)51-38-36-47(37-39-51)55-56(45-26-12-3-13-27-45)58(48-30-16-5-17-31-48)63-59(49-32-18-6-19-33-49)57(55)46-28-14-4-15-29-46/h1-42,58,60,62-63,65H,(H,64,66). The minimum absolute atomic E-state index is 0.124. The van der Waals surface area contributed by atoms with Crippen molar-refractivity contribution in [2.75, 3.05) is 0 Å². The second kappa shape index (κ2) is 18.4. The molecule has 2 aliphatic heterocycles. The van der Waals surface area contributed by atoms with Crippen LogP contribution in [-0.2, 0) is 0 Å². The van der Waals surface area contributed by atoms with Crippen molar-refractivity contribution >= 4 is 28.3 Å². The Kier molecular flexibility index (Phi) is 11.3. The molecule has 9 aromatic carbocycles. The van der Waals surface area contributed by atoms with Crippen LogP contribution in [0.25, 0.3) is 44.7 Å². The fourth-order valence-corrected chi connectivity index (χ4v) is 9.44. The predicted octanol–water partition coefficient (Wildman–Crippen LogP) is 14.2. The highest BCUT2D eigenvalue weighted by molar-refractivity contribution is 6.24. The zero-order valence-electron chi connectivity index (χ0n) is 36.4. The molecule has 0 aliphatic carbocycles. The zero-order chi connectivity index (χ0) is 44.1. The van der Waals surface area contributed by atoms with Crippen LogP contribution in [0, 0.1) is 0 Å². The van der Waals surface area contributed by atoms with Crippen LogP contribution < -0.4 is 16.0 Å². The second-order valence-corrected chi connectivity index (χ2v) is 16.8. The van der Waals surface area contributed by atoms with Crippen LogP contribution in [0.15, 0.2) is 260 Å². The van der Waals surface area contributed by atoms with Crippen molar-refractivity contribution < 1.29 is 0 Å². The molecule has 0 saturated heterocycles. The fourth-order valence-electron chi connectivity index (χ4n) is 9.44. The van der Waals surface area contributed by atoms with Crippen molar-refractivity contribution in [1.82, 2.24) is 16.0 Å². The topological polar surface area (TPSA) is 48.5 Å². The maximum atomic E-state index is 5.50. The molecule has 0 spiro atoms. The number of benzene rings is 9. The minimum atomic E-state index is -0.332. The number of aliphatic imine (C=N–C) groups is 1. The van der Waals surface area contributed by atoms with E-state index in [1.165, 1.54) is 33.4 Å². The van der Waals surface area contributed by atoms with Gasteiger partial charge in [0, 0.05) is 11.1 Å². The third kappa shape index (κ3) is 8.30. The SMILES string of the molecule is c1ccc(C2=C(c3ccccc3)C(c3ccc(C4=NC(c5cc(-c6ccccc6)cc(-c6ccccc6)c5)NC(c5ccccc5)N4)cc3)=C(c3ccccc3)C(c3ccccc3)N2)cc1. The van der Waals surface area contributed by atoms with Gasteiger partial charge in [0.15, 0.2) is 0 Å². The molecule has 4 heteroatoms. The van der Waals surface area contributed by atoms with E-state index in [4.69, 9.17) is 4.99 Å². The Morgan fingerprint density at radius 2 is 0.727 bits per heavy atom. The first-order valence-electron chi connectivity index (χ1n) is 22.7. The summed E-state index contributed by atoms with van der Waals surface area (Å²) in [6.07, 6.45) is -0.518. The van der Waals surface area contributed by atoms with Crippen LogP contribution in [0.3, 0.4) is 0 Å². The lowest BCUT2D eigenvalue weighted by Gasteiger charge is -2.36. The van der Waals surface area contributed by atoms with Crippen LogP contribution >= 0.6 is 0 Å². The molecular formula is C62H48N4. The van der Waals surface area contributed by atoms with E-state index in [2.05, 4.69) is 271 Å². The summed E-state index contributed by atoms with van der Waals surface area (Å²) in [5, 5.41) is 11.8. The average Bonchev–Trinajstić information content (AvgIpc) is 3.42. The first-order valence-corrected chi connectivity index (χ1v) is 22.7. The molecule has 2 heterocycles. The summed E-state index contributed by atoms with van der Waals surface area (Å²) in [6, 6.07) is 90.9. The number of rotatable bonds is 10. The van der Waals surface area contributed by atoms with Crippen LogP contribution in [0.5, 0.6) is 0 Å². The van der Waals surface area contributed by atoms with Crippen LogP contribution in [-0.4, -0.2) is 5.84 Å². The Balaban J connectivity index is 1.08. The predicted molar refractivity (Wildman–Crippen MR) is 274 cm³/mol. The van der Waals surface area contributed by atoms with Gasteiger partial charge in [0.1, 0.15) is 18.2 Å². The van der Waals surface area contributed by atoms with Crippen molar-refractivity contribution in [2.24, 2.45) is 4.99 Å². The first kappa shape index (κ1) is 40.5. The van der Waals surface area contributed by atoms with Gasteiger partial charge in [-0.3, -0.25) is 5.32 Å². The van der Waals surface area contributed by atoms with Gasteiger partial charge in [0.25, 0.3) is 0 Å². The van der Waals surface area contributed by atoms with E-state index in [0.717, 1.165) is 61.6 Å². The van der Waals surface area contributed by atoms with Gasteiger partial charge in [0.05, 0.1) is 11.7 Å². The van der Waals surface area contributed by atoms with Crippen LogP contribution in [0.4, 0.5) is 0 Å². The highest BCUT2D eigenvalue weighted by atomic mass is 15.3. The number of nitrogens with zero attached hydrogens (tertiary/aromatic N) is 1. The van der Waals surface area contributed by atoms with Crippen molar-refractivity contribution in [1.29, 1.82) is 0 Å². The molecule has 66 heavy (non-hydrogen) atoms. The van der Waals surface area contributed by atoms with Gasteiger partial charge in [-0.1, -0.05) is 237 Å². The number of nitrogens with one attached hydrogen (secondary N) is 3. The van der Waals surface area contributed by atoms with Gasteiger partial charge in [-0.05, 0) is 90.5 Å². The lowest BCUT2D eigenvalue weighted by atomic mass is 9.77. The molecule has 3 N–H and O–H groups in total. The molecule has 9 aromatic rings. The molecule has 316 valence electrons. The van der Waals surface area contributed by atoms with Crippen molar-refractivity contribution in [2.45, 2.75) is 18.4 Å². The molecule has 0 amide bonds. The summed E-state index contributed by atoms with van der Waals surface area (Å²) in [5.41, 5.74) is 18.3. The van der Waals surface area contributed by atoms with Gasteiger partial charge in [0.2, 0.25) is 0 Å². The molecule has 0 fully saturated rings. The van der Waals surface area contributed by atoms with E-state index in [-0.39, 0.29) is 18.4 Å². The Labute approximate surface area is 387 Å². The fraction of sp³-hybridized carbons (Fsp3) is 0.0484. The normalized spacial score (nSPS) is 17.1. The highest BCUT2D eigenvalue weighted by Crippen LogP contribution is 2.50. The van der Waals surface area contributed by atoms with E-state index < -0.39 is 0 Å². The monoisotopic (exact) mass is 848 g/mol. The molecule has 4 nitrogen and oxygen atoms in total. The Morgan fingerprint density at radius 3 is 1.26 bits per heavy atom. The smallest absolute Gasteiger partial charge is 0.131 e. The van der Waals surface area contributed by atoms with E-state index in [0.29, 0.717) is 0 Å². The third-order valence-electron chi connectivity index (χ3n) is 12.6.